The highest BCUT2D eigenvalue weighted by atomic mass is 32.1. The average Bonchev–Trinajstić information content (AvgIpc) is 2.76. The minimum Gasteiger partial charge on any atom is -0.378 e. The highest BCUT2D eigenvalue weighted by molar-refractivity contribution is 7.10. The quantitative estimate of drug-likeness (QED) is 0.882. The number of rotatable bonds is 4. The number of hydrogen-bond donors (Lipinski definition) is 1. The first kappa shape index (κ1) is 13.0. The number of thiophene rings is 1. The van der Waals surface area contributed by atoms with E-state index in [9.17, 15) is 0 Å². The van der Waals surface area contributed by atoms with Gasteiger partial charge in [0.2, 0.25) is 0 Å². The first-order chi connectivity index (χ1) is 8.58. The molecule has 2 aromatic rings. The van der Waals surface area contributed by atoms with E-state index in [-0.39, 0.29) is 0 Å². The van der Waals surface area contributed by atoms with Crippen molar-refractivity contribution in [2.45, 2.75) is 19.9 Å². The van der Waals surface area contributed by atoms with E-state index in [2.05, 4.69) is 73.9 Å². The van der Waals surface area contributed by atoms with Crippen LogP contribution in [0.4, 0.5) is 11.4 Å². The third kappa shape index (κ3) is 2.85. The van der Waals surface area contributed by atoms with Crippen LogP contribution in [0.5, 0.6) is 0 Å². The van der Waals surface area contributed by atoms with E-state index in [1.165, 1.54) is 21.8 Å². The molecule has 0 spiro atoms. The minimum absolute atomic E-state index is 0.349. The van der Waals surface area contributed by atoms with Gasteiger partial charge in [-0.25, -0.2) is 0 Å². The molecule has 2 rings (SSSR count). The van der Waals surface area contributed by atoms with Crippen LogP contribution in [0.15, 0.2) is 35.7 Å². The Labute approximate surface area is 113 Å². The molecule has 0 radical (unpaired) electrons. The van der Waals surface area contributed by atoms with Gasteiger partial charge in [0.05, 0.1) is 6.04 Å². The van der Waals surface area contributed by atoms with Crippen molar-refractivity contribution in [3.63, 3.8) is 0 Å². The second-order valence-corrected chi connectivity index (χ2v) is 5.73. The van der Waals surface area contributed by atoms with Crippen molar-refractivity contribution in [1.29, 1.82) is 0 Å². The smallest absolute Gasteiger partial charge is 0.0581 e. The summed E-state index contributed by atoms with van der Waals surface area (Å²) in [6, 6.07) is 11.0. The van der Waals surface area contributed by atoms with E-state index in [1.807, 2.05) is 11.3 Å². The Hall–Kier alpha value is -1.48. The summed E-state index contributed by atoms with van der Waals surface area (Å²) < 4.78 is 0. The van der Waals surface area contributed by atoms with Gasteiger partial charge in [-0.1, -0.05) is 6.07 Å². The van der Waals surface area contributed by atoms with Crippen molar-refractivity contribution in [2.24, 2.45) is 0 Å². The molecule has 1 unspecified atom stereocenters. The summed E-state index contributed by atoms with van der Waals surface area (Å²) in [6.07, 6.45) is 0. The molecule has 2 nitrogen and oxygen atoms in total. The highest BCUT2D eigenvalue weighted by Gasteiger charge is 2.09. The van der Waals surface area contributed by atoms with Crippen LogP contribution in [0.2, 0.25) is 0 Å². The Morgan fingerprint density at radius 1 is 1.22 bits per heavy atom. The Morgan fingerprint density at radius 2 is 2.00 bits per heavy atom. The number of hydrogen-bond acceptors (Lipinski definition) is 3. The van der Waals surface area contributed by atoms with Gasteiger partial charge in [0.1, 0.15) is 0 Å². The van der Waals surface area contributed by atoms with E-state index in [4.69, 9.17) is 0 Å². The summed E-state index contributed by atoms with van der Waals surface area (Å²) >= 11 is 1.81. The summed E-state index contributed by atoms with van der Waals surface area (Å²) in [4.78, 5) is 3.52. The largest absolute Gasteiger partial charge is 0.378 e. The average molecular weight is 260 g/mol. The molecule has 0 amide bonds. The zero-order valence-corrected chi connectivity index (χ0v) is 12.2. The van der Waals surface area contributed by atoms with E-state index >= 15 is 0 Å². The van der Waals surface area contributed by atoms with E-state index in [0.29, 0.717) is 6.04 Å². The van der Waals surface area contributed by atoms with Gasteiger partial charge in [-0.3, -0.25) is 0 Å². The maximum absolute atomic E-state index is 3.56. The molecular weight excluding hydrogens is 240 g/mol. The Kier molecular flexibility index (Phi) is 3.92. The second kappa shape index (κ2) is 5.44. The summed E-state index contributed by atoms with van der Waals surface area (Å²) in [7, 11) is 4.12. The molecule has 1 N–H and O–H groups in total. The fourth-order valence-electron chi connectivity index (χ4n) is 2.02. The molecule has 0 saturated carbocycles. The van der Waals surface area contributed by atoms with Crippen molar-refractivity contribution < 1.29 is 0 Å². The number of nitrogens with zero attached hydrogens (tertiary/aromatic N) is 1. The molecule has 3 heteroatoms. The summed E-state index contributed by atoms with van der Waals surface area (Å²) in [5, 5.41) is 5.72. The lowest BCUT2D eigenvalue weighted by Crippen LogP contribution is -2.10. The number of benzene rings is 1. The molecule has 0 saturated heterocycles. The molecule has 1 atom stereocenters. The van der Waals surface area contributed by atoms with Crippen molar-refractivity contribution in [1.82, 2.24) is 0 Å². The maximum Gasteiger partial charge on any atom is 0.0581 e. The normalized spacial score (nSPS) is 12.2. The van der Waals surface area contributed by atoms with Gasteiger partial charge in [0, 0.05) is 30.3 Å². The van der Waals surface area contributed by atoms with E-state index in [1.54, 1.807) is 0 Å². The van der Waals surface area contributed by atoms with Gasteiger partial charge in [0.15, 0.2) is 0 Å². The molecule has 0 aliphatic rings. The molecule has 0 fully saturated rings. The van der Waals surface area contributed by atoms with Gasteiger partial charge in [-0.15, -0.1) is 11.3 Å². The van der Waals surface area contributed by atoms with Crippen LogP contribution in [0, 0.1) is 6.92 Å². The number of aryl methyl sites for hydroxylation is 1. The molecule has 1 aromatic carbocycles. The molecule has 0 aliphatic heterocycles. The van der Waals surface area contributed by atoms with E-state index < -0.39 is 0 Å². The fraction of sp³-hybridized carbons (Fsp3) is 0.333. The lowest BCUT2D eigenvalue weighted by Gasteiger charge is -2.18. The van der Waals surface area contributed by atoms with Gasteiger partial charge in [-0.2, -0.15) is 0 Å². The van der Waals surface area contributed by atoms with E-state index in [0.717, 1.165) is 0 Å². The number of nitrogens with one attached hydrogen (secondary N) is 1. The summed E-state index contributed by atoms with van der Waals surface area (Å²) in [6.45, 7) is 4.38. The molecule has 96 valence electrons. The van der Waals surface area contributed by atoms with Crippen molar-refractivity contribution >= 4 is 22.7 Å². The third-order valence-corrected chi connectivity index (χ3v) is 4.24. The van der Waals surface area contributed by atoms with Gasteiger partial charge < -0.3 is 10.2 Å². The van der Waals surface area contributed by atoms with Crippen LogP contribution in [0.1, 0.15) is 23.4 Å². The van der Waals surface area contributed by atoms with Gasteiger partial charge in [-0.05, 0) is 49.1 Å². The first-order valence-corrected chi connectivity index (χ1v) is 7.04. The molecule has 18 heavy (non-hydrogen) atoms. The van der Waals surface area contributed by atoms with Crippen LogP contribution in [-0.4, -0.2) is 14.1 Å². The lowest BCUT2D eigenvalue weighted by atomic mass is 10.1. The zero-order chi connectivity index (χ0) is 13.1. The van der Waals surface area contributed by atoms with Crippen LogP contribution >= 0.6 is 11.3 Å². The van der Waals surface area contributed by atoms with Crippen molar-refractivity contribution in [2.75, 3.05) is 24.3 Å². The van der Waals surface area contributed by atoms with Crippen molar-refractivity contribution in [3.8, 4) is 0 Å². The monoisotopic (exact) mass is 260 g/mol. The summed E-state index contributed by atoms with van der Waals surface area (Å²) in [5.41, 5.74) is 3.75. The molecule has 1 heterocycles. The maximum atomic E-state index is 3.56. The first-order valence-electron chi connectivity index (χ1n) is 6.16. The topological polar surface area (TPSA) is 15.3 Å². The lowest BCUT2D eigenvalue weighted by molar-refractivity contribution is 0.899. The number of anilines is 2. The third-order valence-electron chi connectivity index (χ3n) is 3.04. The van der Waals surface area contributed by atoms with Crippen LogP contribution in [-0.2, 0) is 0 Å². The van der Waals surface area contributed by atoms with Crippen LogP contribution < -0.4 is 10.2 Å². The van der Waals surface area contributed by atoms with Crippen molar-refractivity contribution in [3.05, 3.63) is 46.2 Å². The zero-order valence-electron chi connectivity index (χ0n) is 11.4. The SMILES string of the molecule is Cc1ccsc1C(C)Nc1cccc(N(C)C)c1. The predicted molar refractivity (Wildman–Crippen MR) is 81.9 cm³/mol. The Bertz CT molecular complexity index is 517. The molecule has 1 aromatic heterocycles. The predicted octanol–water partition coefficient (Wildman–Crippen LogP) is 4.30. The minimum atomic E-state index is 0.349. The Balaban J connectivity index is 2.14. The Morgan fingerprint density at radius 3 is 2.61 bits per heavy atom. The van der Waals surface area contributed by atoms with Gasteiger partial charge >= 0.3 is 0 Å². The molecule has 0 bridgehead atoms. The molecular formula is C15H20N2S. The highest BCUT2D eigenvalue weighted by Crippen LogP contribution is 2.27. The summed E-state index contributed by atoms with van der Waals surface area (Å²) in [5.74, 6) is 0. The van der Waals surface area contributed by atoms with Gasteiger partial charge in [0.25, 0.3) is 0 Å². The fourth-order valence-corrected chi connectivity index (χ4v) is 2.95. The molecule has 0 aliphatic carbocycles. The standard InChI is InChI=1S/C15H20N2S/c1-11-8-9-18-15(11)12(2)16-13-6-5-7-14(10-13)17(3)4/h5-10,12,16H,1-4H3. The second-order valence-electron chi connectivity index (χ2n) is 4.78. The van der Waals surface area contributed by atoms with Crippen LogP contribution in [0.3, 0.4) is 0 Å². The van der Waals surface area contributed by atoms with Crippen LogP contribution in [0.25, 0.3) is 0 Å².